The molecule has 1 rings (SSSR count). The molecule has 0 aliphatic carbocycles. The zero-order valence-corrected chi connectivity index (χ0v) is 11.4. The number of aromatic nitrogens is 2. The number of hydrogen-bond donors (Lipinski definition) is 3. The fourth-order valence-electron chi connectivity index (χ4n) is 1.97. The molecule has 0 spiro atoms. The normalized spacial score (nSPS) is 12.0. The average Bonchev–Trinajstić information content (AvgIpc) is 2.84. The highest BCUT2D eigenvalue weighted by molar-refractivity contribution is 5.03. The molecule has 0 atom stereocenters. The number of nitrogens with zero attached hydrogens (tertiary/aromatic N) is 2. The Hall–Kier alpha value is -0.910. The molecule has 1 aromatic rings. The lowest BCUT2D eigenvalue weighted by Crippen LogP contribution is -2.36. The molecule has 0 aliphatic heterocycles. The van der Waals surface area contributed by atoms with Crippen molar-refractivity contribution < 1.29 is 10.2 Å². The van der Waals surface area contributed by atoms with Crippen LogP contribution < -0.4 is 5.32 Å². The van der Waals surface area contributed by atoms with Crippen LogP contribution in [-0.4, -0.2) is 39.8 Å². The van der Waals surface area contributed by atoms with E-state index in [-0.39, 0.29) is 18.6 Å². The van der Waals surface area contributed by atoms with Gasteiger partial charge in [-0.05, 0) is 12.8 Å². The summed E-state index contributed by atoms with van der Waals surface area (Å²) < 4.78 is 1.73. The zero-order chi connectivity index (χ0) is 13.4. The van der Waals surface area contributed by atoms with Gasteiger partial charge in [0.05, 0.1) is 19.3 Å². The summed E-state index contributed by atoms with van der Waals surface area (Å²) in [5.41, 5.74) is 1.09. The summed E-state index contributed by atoms with van der Waals surface area (Å²) in [6.45, 7) is 6.63. The molecule has 0 aliphatic rings. The molecule has 0 aromatic carbocycles. The van der Waals surface area contributed by atoms with E-state index in [4.69, 9.17) is 5.11 Å². The third-order valence-electron chi connectivity index (χ3n) is 3.68. The Bertz CT molecular complexity index is 326. The van der Waals surface area contributed by atoms with Crippen molar-refractivity contribution in [3.63, 3.8) is 0 Å². The van der Waals surface area contributed by atoms with Crippen LogP contribution in [0, 0.1) is 5.41 Å². The Morgan fingerprint density at radius 3 is 2.61 bits per heavy atom. The second-order valence-corrected chi connectivity index (χ2v) is 4.80. The van der Waals surface area contributed by atoms with E-state index in [2.05, 4.69) is 24.3 Å². The van der Waals surface area contributed by atoms with E-state index in [9.17, 15) is 5.11 Å². The zero-order valence-electron chi connectivity index (χ0n) is 11.4. The monoisotopic (exact) mass is 255 g/mol. The summed E-state index contributed by atoms with van der Waals surface area (Å²) >= 11 is 0. The summed E-state index contributed by atoms with van der Waals surface area (Å²) in [6.07, 6.45) is 5.68. The van der Waals surface area contributed by atoms with Gasteiger partial charge in [0.25, 0.3) is 0 Å². The minimum atomic E-state index is -0.0128. The molecule has 0 unspecified atom stereocenters. The summed E-state index contributed by atoms with van der Waals surface area (Å²) in [4.78, 5) is 0. The first-order chi connectivity index (χ1) is 8.69. The van der Waals surface area contributed by atoms with Gasteiger partial charge in [-0.15, -0.1) is 0 Å². The first-order valence-electron chi connectivity index (χ1n) is 6.63. The average molecular weight is 255 g/mol. The topological polar surface area (TPSA) is 70.3 Å². The number of aliphatic hydroxyl groups excluding tert-OH is 2. The van der Waals surface area contributed by atoms with Gasteiger partial charge in [0.15, 0.2) is 0 Å². The van der Waals surface area contributed by atoms with Crippen LogP contribution in [0.15, 0.2) is 12.4 Å². The van der Waals surface area contributed by atoms with Crippen LogP contribution in [0.4, 0.5) is 0 Å². The van der Waals surface area contributed by atoms with Crippen molar-refractivity contribution in [3.05, 3.63) is 18.0 Å². The molecule has 1 heterocycles. The van der Waals surface area contributed by atoms with Crippen molar-refractivity contribution in [3.8, 4) is 0 Å². The van der Waals surface area contributed by atoms with Crippen LogP contribution >= 0.6 is 0 Å². The lowest BCUT2D eigenvalue weighted by molar-refractivity contribution is 0.113. The number of nitrogens with one attached hydrogen (secondary N) is 1. The maximum absolute atomic E-state index is 9.46. The molecular formula is C13H25N3O2. The minimum absolute atomic E-state index is 0.0128. The van der Waals surface area contributed by atoms with E-state index in [0.717, 1.165) is 31.5 Å². The summed E-state index contributed by atoms with van der Waals surface area (Å²) in [5.74, 6) is 0. The number of rotatable bonds is 9. The summed E-state index contributed by atoms with van der Waals surface area (Å²) in [5, 5.41) is 25.8. The van der Waals surface area contributed by atoms with Crippen molar-refractivity contribution in [2.75, 3.05) is 19.8 Å². The molecule has 5 nitrogen and oxygen atoms in total. The van der Waals surface area contributed by atoms with Gasteiger partial charge in [0.2, 0.25) is 0 Å². The Kier molecular flexibility index (Phi) is 6.32. The second kappa shape index (κ2) is 7.51. The van der Waals surface area contributed by atoms with E-state index in [1.165, 1.54) is 0 Å². The molecule has 18 heavy (non-hydrogen) atoms. The fourth-order valence-corrected chi connectivity index (χ4v) is 1.97. The number of hydrogen-bond acceptors (Lipinski definition) is 4. The van der Waals surface area contributed by atoms with Crippen LogP contribution in [0.1, 0.15) is 32.3 Å². The van der Waals surface area contributed by atoms with E-state index in [0.29, 0.717) is 6.54 Å². The predicted octanol–water partition coefficient (Wildman–Crippen LogP) is 0.764. The van der Waals surface area contributed by atoms with E-state index < -0.39 is 0 Å². The Morgan fingerprint density at radius 2 is 2.06 bits per heavy atom. The fraction of sp³-hybridized carbons (Fsp3) is 0.769. The van der Waals surface area contributed by atoms with Crippen LogP contribution in [0.5, 0.6) is 0 Å². The highest BCUT2D eigenvalue weighted by Gasteiger charge is 2.24. The molecular weight excluding hydrogens is 230 g/mol. The summed E-state index contributed by atoms with van der Waals surface area (Å²) in [7, 11) is 0. The molecule has 0 saturated carbocycles. The van der Waals surface area contributed by atoms with Crippen molar-refractivity contribution in [2.24, 2.45) is 5.41 Å². The Labute approximate surface area is 109 Å². The van der Waals surface area contributed by atoms with Crippen LogP contribution in [0.3, 0.4) is 0 Å². The van der Waals surface area contributed by atoms with E-state index in [1.807, 2.05) is 6.20 Å². The number of aliphatic hydroxyl groups is 2. The first-order valence-corrected chi connectivity index (χ1v) is 6.63. The smallest absolute Gasteiger partial charge is 0.0640 e. The quantitative estimate of drug-likeness (QED) is 0.609. The maximum atomic E-state index is 9.46. The van der Waals surface area contributed by atoms with Gasteiger partial charge in [-0.1, -0.05) is 13.8 Å². The molecule has 5 heteroatoms. The molecule has 1 aromatic heterocycles. The Morgan fingerprint density at radius 1 is 1.33 bits per heavy atom. The SMILES string of the molecule is CCC(CC)(CO)CNCc1cnn(CCO)c1. The highest BCUT2D eigenvalue weighted by Crippen LogP contribution is 2.24. The Balaban J connectivity index is 2.40. The van der Waals surface area contributed by atoms with Gasteiger partial charge < -0.3 is 15.5 Å². The molecule has 3 N–H and O–H groups in total. The highest BCUT2D eigenvalue weighted by atomic mass is 16.3. The standard InChI is InChI=1S/C13H25N3O2/c1-3-13(4-2,11-18)10-14-7-12-8-15-16(9-12)5-6-17/h8-9,14,17-18H,3-7,10-11H2,1-2H3. The second-order valence-electron chi connectivity index (χ2n) is 4.80. The van der Waals surface area contributed by atoms with Gasteiger partial charge >= 0.3 is 0 Å². The molecule has 0 amide bonds. The van der Waals surface area contributed by atoms with Crippen LogP contribution in [-0.2, 0) is 13.1 Å². The van der Waals surface area contributed by atoms with Crippen LogP contribution in [0.25, 0.3) is 0 Å². The largest absolute Gasteiger partial charge is 0.396 e. The van der Waals surface area contributed by atoms with Crippen molar-refractivity contribution in [2.45, 2.75) is 39.8 Å². The van der Waals surface area contributed by atoms with Crippen LogP contribution in [0.2, 0.25) is 0 Å². The van der Waals surface area contributed by atoms with Gasteiger partial charge in [-0.25, -0.2) is 0 Å². The van der Waals surface area contributed by atoms with Gasteiger partial charge in [0.1, 0.15) is 0 Å². The molecule has 0 fully saturated rings. The van der Waals surface area contributed by atoms with Gasteiger partial charge in [-0.2, -0.15) is 5.10 Å². The molecule has 104 valence electrons. The lowest BCUT2D eigenvalue weighted by Gasteiger charge is -2.29. The molecule has 0 radical (unpaired) electrons. The van der Waals surface area contributed by atoms with Crippen molar-refractivity contribution >= 4 is 0 Å². The maximum Gasteiger partial charge on any atom is 0.0640 e. The summed E-state index contributed by atoms with van der Waals surface area (Å²) in [6, 6.07) is 0. The third kappa shape index (κ3) is 4.08. The van der Waals surface area contributed by atoms with Crippen molar-refractivity contribution in [1.82, 2.24) is 15.1 Å². The van der Waals surface area contributed by atoms with E-state index >= 15 is 0 Å². The lowest BCUT2D eigenvalue weighted by atomic mass is 9.83. The molecule has 0 bridgehead atoms. The predicted molar refractivity (Wildman–Crippen MR) is 71.1 cm³/mol. The van der Waals surface area contributed by atoms with E-state index in [1.54, 1.807) is 10.9 Å². The first kappa shape index (κ1) is 15.1. The third-order valence-corrected chi connectivity index (χ3v) is 3.68. The van der Waals surface area contributed by atoms with Gasteiger partial charge in [-0.3, -0.25) is 4.68 Å². The van der Waals surface area contributed by atoms with Gasteiger partial charge in [0, 0.05) is 36.9 Å². The minimum Gasteiger partial charge on any atom is -0.396 e. The molecule has 0 saturated heterocycles. The van der Waals surface area contributed by atoms with Crippen molar-refractivity contribution in [1.29, 1.82) is 0 Å².